The molecule has 0 spiro atoms. The van der Waals surface area contributed by atoms with Crippen LogP contribution >= 0.6 is 0 Å². The molecule has 2 aromatic rings. The van der Waals surface area contributed by atoms with Gasteiger partial charge in [0.1, 0.15) is 11.6 Å². The molecule has 1 fully saturated rings. The van der Waals surface area contributed by atoms with Crippen molar-refractivity contribution in [2.24, 2.45) is 12.0 Å². The van der Waals surface area contributed by atoms with Crippen molar-refractivity contribution >= 4 is 5.96 Å². The third-order valence-electron chi connectivity index (χ3n) is 4.51. The van der Waals surface area contributed by atoms with Crippen LogP contribution in [0.3, 0.4) is 0 Å². The first kappa shape index (κ1) is 17.4. The van der Waals surface area contributed by atoms with Crippen molar-refractivity contribution in [3.63, 3.8) is 0 Å². The Kier molecular flexibility index (Phi) is 5.31. The fourth-order valence-corrected chi connectivity index (χ4v) is 3.28. The smallest absolute Gasteiger partial charge is 0.193 e. The number of halogens is 2. The minimum atomic E-state index is -0.543. The molecule has 1 aromatic heterocycles. The summed E-state index contributed by atoms with van der Waals surface area (Å²) in [5, 5.41) is 7.53. The molecule has 1 aliphatic heterocycles. The number of aryl methyl sites for hydroxylation is 1. The summed E-state index contributed by atoms with van der Waals surface area (Å²) < 4.78 is 28.3. The van der Waals surface area contributed by atoms with E-state index < -0.39 is 11.6 Å². The Morgan fingerprint density at radius 3 is 2.72 bits per heavy atom. The Morgan fingerprint density at radius 2 is 2.08 bits per heavy atom. The molecule has 1 aromatic carbocycles. The number of guanidine groups is 1. The molecule has 3 rings (SSSR count). The van der Waals surface area contributed by atoms with Crippen molar-refractivity contribution in [1.82, 2.24) is 20.0 Å². The molecule has 1 N–H and O–H groups in total. The Bertz CT molecular complexity index is 735. The normalized spacial score (nSPS) is 18.0. The number of hydrogen-bond donors (Lipinski definition) is 1. The largest absolute Gasteiger partial charge is 0.356 e. The van der Waals surface area contributed by atoms with Crippen molar-refractivity contribution in [3.05, 3.63) is 53.4 Å². The third-order valence-corrected chi connectivity index (χ3v) is 4.51. The van der Waals surface area contributed by atoms with Gasteiger partial charge in [0.2, 0.25) is 0 Å². The molecule has 5 nitrogen and oxygen atoms in total. The zero-order chi connectivity index (χ0) is 17.8. The van der Waals surface area contributed by atoms with E-state index in [2.05, 4.69) is 26.5 Å². The summed E-state index contributed by atoms with van der Waals surface area (Å²) in [6, 6.07) is 3.61. The lowest BCUT2D eigenvalue weighted by atomic mass is 10.0. The molecule has 1 unspecified atom stereocenters. The van der Waals surface area contributed by atoms with Crippen molar-refractivity contribution in [2.45, 2.75) is 18.8 Å². The maximum Gasteiger partial charge on any atom is 0.193 e. The predicted octanol–water partition coefficient (Wildman–Crippen LogP) is 2.31. The minimum Gasteiger partial charge on any atom is -0.356 e. The van der Waals surface area contributed by atoms with E-state index >= 15 is 0 Å². The highest BCUT2D eigenvalue weighted by Gasteiger charge is 2.26. The van der Waals surface area contributed by atoms with Gasteiger partial charge >= 0.3 is 0 Å². The average Bonchev–Trinajstić information content (AvgIpc) is 3.19. The molecule has 134 valence electrons. The van der Waals surface area contributed by atoms with Crippen LogP contribution in [0.2, 0.25) is 0 Å². The molecule has 0 radical (unpaired) electrons. The first-order chi connectivity index (χ1) is 12.0. The van der Waals surface area contributed by atoms with E-state index in [1.807, 2.05) is 17.9 Å². The van der Waals surface area contributed by atoms with Gasteiger partial charge in [0.15, 0.2) is 5.96 Å². The number of aromatic nitrogens is 2. The molecule has 2 heterocycles. The van der Waals surface area contributed by atoms with E-state index in [9.17, 15) is 8.78 Å². The molecule has 7 heteroatoms. The maximum atomic E-state index is 13.2. The molecular weight excluding hydrogens is 324 g/mol. The van der Waals surface area contributed by atoms with Gasteiger partial charge in [0.05, 0.1) is 6.20 Å². The van der Waals surface area contributed by atoms with Gasteiger partial charge in [0.25, 0.3) is 0 Å². The van der Waals surface area contributed by atoms with Crippen LogP contribution in [0.15, 0.2) is 35.6 Å². The molecule has 1 atom stereocenters. The van der Waals surface area contributed by atoms with Gasteiger partial charge in [-0.05, 0) is 36.1 Å². The van der Waals surface area contributed by atoms with Gasteiger partial charge in [0, 0.05) is 51.9 Å². The number of aliphatic imine (C=N–C) groups is 1. The van der Waals surface area contributed by atoms with E-state index in [1.54, 1.807) is 7.05 Å². The van der Waals surface area contributed by atoms with Gasteiger partial charge in [-0.2, -0.15) is 5.10 Å². The minimum absolute atomic E-state index is 0.449. The van der Waals surface area contributed by atoms with Crippen LogP contribution in [0.4, 0.5) is 8.78 Å². The standard InChI is InChI=1S/C18H23F2N5/c1-21-18(22-5-3-13-7-16(19)9-17(20)8-13)25-6-4-14(12-25)15-10-23-24(2)11-15/h7-11,14H,3-6,12H2,1-2H3,(H,21,22). The number of nitrogens with zero attached hydrogens (tertiary/aromatic N) is 4. The number of likely N-dealkylation sites (tertiary alicyclic amines) is 1. The lowest BCUT2D eigenvalue weighted by Gasteiger charge is -2.21. The summed E-state index contributed by atoms with van der Waals surface area (Å²) in [6.45, 7) is 2.39. The average molecular weight is 347 g/mol. The van der Waals surface area contributed by atoms with Crippen LogP contribution in [-0.4, -0.2) is 47.3 Å². The summed E-state index contributed by atoms with van der Waals surface area (Å²) in [7, 11) is 3.67. The summed E-state index contributed by atoms with van der Waals surface area (Å²) in [4.78, 5) is 6.54. The predicted molar refractivity (Wildman–Crippen MR) is 93.6 cm³/mol. The van der Waals surface area contributed by atoms with Gasteiger partial charge in [-0.25, -0.2) is 8.78 Å². The lowest BCUT2D eigenvalue weighted by molar-refractivity contribution is 0.486. The highest BCUT2D eigenvalue weighted by molar-refractivity contribution is 5.80. The van der Waals surface area contributed by atoms with Gasteiger partial charge in [-0.15, -0.1) is 0 Å². The van der Waals surface area contributed by atoms with Crippen LogP contribution in [0.5, 0.6) is 0 Å². The summed E-state index contributed by atoms with van der Waals surface area (Å²) in [6.07, 6.45) is 5.57. The zero-order valence-electron chi connectivity index (χ0n) is 14.5. The Morgan fingerprint density at radius 1 is 1.32 bits per heavy atom. The van der Waals surface area contributed by atoms with Crippen LogP contribution < -0.4 is 5.32 Å². The van der Waals surface area contributed by atoms with E-state index in [-0.39, 0.29) is 0 Å². The number of hydrogen-bond acceptors (Lipinski definition) is 2. The van der Waals surface area contributed by atoms with Crippen LogP contribution in [0.1, 0.15) is 23.5 Å². The Labute approximate surface area is 146 Å². The molecule has 1 saturated heterocycles. The number of nitrogens with one attached hydrogen (secondary N) is 1. The van der Waals surface area contributed by atoms with Gasteiger partial charge in [-0.3, -0.25) is 9.67 Å². The van der Waals surface area contributed by atoms with E-state index in [0.717, 1.165) is 31.5 Å². The SMILES string of the molecule is CN=C(NCCc1cc(F)cc(F)c1)N1CCC(c2cnn(C)c2)C1. The molecule has 25 heavy (non-hydrogen) atoms. The highest BCUT2D eigenvalue weighted by Crippen LogP contribution is 2.26. The summed E-state index contributed by atoms with van der Waals surface area (Å²) >= 11 is 0. The molecule has 1 aliphatic rings. The van der Waals surface area contributed by atoms with Crippen molar-refractivity contribution in [3.8, 4) is 0 Å². The fourth-order valence-electron chi connectivity index (χ4n) is 3.28. The van der Waals surface area contributed by atoms with Crippen molar-refractivity contribution in [1.29, 1.82) is 0 Å². The Hall–Kier alpha value is -2.44. The van der Waals surface area contributed by atoms with Crippen molar-refractivity contribution < 1.29 is 8.78 Å². The summed E-state index contributed by atoms with van der Waals surface area (Å²) in [5.74, 6) is 0.185. The second kappa shape index (κ2) is 7.63. The van der Waals surface area contributed by atoms with Crippen LogP contribution in [-0.2, 0) is 13.5 Å². The summed E-state index contributed by atoms with van der Waals surface area (Å²) in [5.41, 5.74) is 1.88. The molecular formula is C18H23F2N5. The highest BCUT2D eigenvalue weighted by atomic mass is 19.1. The quantitative estimate of drug-likeness (QED) is 0.682. The van der Waals surface area contributed by atoms with Gasteiger partial charge in [-0.1, -0.05) is 0 Å². The van der Waals surface area contributed by atoms with E-state index in [0.29, 0.717) is 24.4 Å². The molecule has 0 amide bonds. The molecule has 0 aliphatic carbocycles. The van der Waals surface area contributed by atoms with Crippen molar-refractivity contribution in [2.75, 3.05) is 26.7 Å². The molecule has 0 bridgehead atoms. The van der Waals surface area contributed by atoms with E-state index in [4.69, 9.17) is 0 Å². The second-order valence-corrected chi connectivity index (χ2v) is 6.38. The number of rotatable bonds is 4. The monoisotopic (exact) mass is 347 g/mol. The third kappa shape index (κ3) is 4.35. The Balaban J connectivity index is 1.53. The zero-order valence-corrected chi connectivity index (χ0v) is 14.5. The van der Waals surface area contributed by atoms with Crippen LogP contribution in [0.25, 0.3) is 0 Å². The lowest BCUT2D eigenvalue weighted by Crippen LogP contribution is -2.40. The van der Waals surface area contributed by atoms with Gasteiger partial charge < -0.3 is 10.2 Å². The first-order valence-electron chi connectivity index (χ1n) is 8.44. The molecule has 0 saturated carbocycles. The van der Waals surface area contributed by atoms with Crippen LogP contribution in [0, 0.1) is 11.6 Å². The second-order valence-electron chi connectivity index (χ2n) is 6.38. The van der Waals surface area contributed by atoms with E-state index in [1.165, 1.54) is 17.7 Å². The number of benzene rings is 1. The fraction of sp³-hybridized carbons (Fsp3) is 0.444. The topological polar surface area (TPSA) is 45.5 Å². The first-order valence-corrected chi connectivity index (χ1v) is 8.44. The maximum absolute atomic E-state index is 13.2.